The molecule has 1 atom stereocenters. The van der Waals surface area contributed by atoms with Crippen molar-refractivity contribution in [2.45, 2.75) is 33.2 Å². The molecule has 1 unspecified atom stereocenters. The van der Waals surface area contributed by atoms with Gasteiger partial charge in [0, 0.05) is 11.0 Å². The Balaban J connectivity index is 2.25. The average molecular weight is 270 g/mol. The molecule has 0 bridgehead atoms. The van der Waals surface area contributed by atoms with Gasteiger partial charge in [-0.2, -0.15) is 0 Å². The highest BCUT2D eigenvalue weighted by Gasteiger charge is 1.99. The molecule has 0 aromatic heterocycles. The predicted octanol–water partition coefficient (Wildman–Crippen LogP) is 3.97. The minimum atomic E-state index is 0.780. The maximum atomic E-state index is 3.49. The third kappa shape index (κ3) is 5.33. The Morgan fingerprint density at radius 1 is 1.40 bits per heavy atom. The molecule has 0 aliphatic heterocycles. The Labute approximate surface area is 101 Å². The second-order valence-corrected chi connectivity index (χ2v) is 5.07. The molecule has 1 rings (SSSR count). The van der Waals surface area contributed by atoms with Crippen molar-refractivity contribution in [1.82, 2.24) is 5.32 Å². The van der Waals surface area contributed by atoms with E-state index >= 15 is 0 Å². The molecule has 1 aromatic carbocycles. The highest BCUT2D eigenvalue weighted by Crippen LogP contribution is 2.11. The Kier molecular flexibility index (Phi) is 5.96. The summed E-state index contributed by atoms with van der Waals surface area (Å²) < 4.78 is 1.16. The second kappa shape index (κ2) is 7.02. The lowest BCUT2D eigenvalue weighted by atomic mass is 10.1. The molecule has 0 saturated heterocycles. The van der Waals surface area contributed by atoms with Crippen LogP contribution >= 0.6 is 15.9 Å². The minimum absolute atomic E-state index is 0.780. The molecule has 0 aliphatic rings. The van der Waals surface area contributed by atoms with Crippen LogP contribution in [0.3, 0.4) is 0 Å². The third-order valence-corrected chi connectivity index (χ3v) is 2.99. The van der Waals surface area contributed by atoms with E-state index in [2.05, 4.69) is 59.4 Å². The van der Waals surface area contributed by atoms with E-state index in [0.717, 1.165) is 23.5 Å². The summed E-state index contributed by atoms with van der Waals surface area (Å²) in [5, 5.41) is 3.49. The van der Waals surface area contributed by atoms with Crippen LogP contribution < -0.4 is 5.32 Å². The van der Waals surface area contributed by atoms with Crippen LogP contribution in [0.2, 0.25) is 0 Å². The van der Waals surface area contributed by atoms with Crippen LogP contribution in [0.25, 0.3) is 0 Å². The average Bonchev–Trinajstić information content (AvgIpc) is 2.18. The quantitative estimate of drug-likeness (QED) is 0.824. The van der Waals surface area contributed by atoms with Gasteiger partial charge in [0.2, 0.25) is 0 Å². The van der Waals surface area contributed by atoms with E-state index in [1.165, 1.54) is 18.4 Å². The van der Waals surface area contributed by atoms with Gasteiger partial charge in [-0.1, -0.05) is 48.3 Å². The number of halogens is 1. The zero-order valence-corrected chi connectivity index (χ0v) is 11.2. The fourth-order valence-electron chi connectivity index (χ4n) is 1.70. The molecule has 84 valence electrons. The van der Waals surface area contributed by atoms with Gasteiger partial charge in [0.05, 0.1) is 0 Å². The summed E-state index contributed by atoms with van der Waals surface area (Å²) in [6.07, 6.45) is 2.59. The summed E-state index contributed by atoms with van der Waals surface area (Å²) in [4.78, 5) is 0. The molecule has 1 aromatic rings. The lowest BCUT2D eigenvalue weighted by molar-refractivity contribution is 0.476. The van der Waals surface area contributed by atoms with Crippen LogP contribution in [0, 0.1) is 5.92 Å². The normalized spacial score (nSPS) is 12.7. The molecule has 0 saturated carbocycles. The predicted molar refractivity (Wildman–Crippen MR) is 69.9 cm³/mol. The summed E-state index contributed by atoms with van der Waals surface area (Å²) >= 11 is 3.48. The van der Waals surface area contributed by atoms with Gasteiger partial charge in [0.25, 0.3) is 0 Å². The molecule has 0 heterocycles. The molecule has 0 amide bonds. The first-order chi connectivity index (χ1) is 7.22. The van der Waals surface area contributed by atoms with E-state index in [0.29, 0.717) is 0 Å². The van der Waals surface area contributed by atoms with Gasteiger partial charge in [-0.15, -0.1) is 0 Å². The van der Waals surface area contributed by atoms with E-state index in [9.17, 15) is 0 Å². The summed E-state index contributed by atoms with van der Waals surface area (Å²) in [5.74, 6) is 0.780. The van der Waals surface area contributed by atoms with Crippen molar-refractivity contribution in [3.05, 3.63) is 34.3 Å². The molecule has 0 fully saturated rings. The largest absolute Gasteiger partial charge is 0.312 e. The van der Waals surface area contributed by atoms with Crippen molar-refractivity contribution in [2.24, 2.45) is 5.92 Å². The molecule has 2 heteroatoms. The topological polar surface area (TPSA) is 12.0 Å². The molecular formula is C13H20BrN. The van der Waals surface area contributed by atoms with Gasteiger partial charge < -0.3 is 5.32 Å². The van der Waals surface area contributed by atoms with Gasteiger partial charge in [0.15, 0.2) is 0 Å². The first kappa shape index (κ1) is 12.7. The zero-order chi connectivity index (χ0) is 11.1. The molecule has 0 radical (unpaired) electrons. The fraction of sp³-hybridized carbons (Fsp3) is 0.538. The standard InChI is InChI=1S/C13H20BrN/c1-3-5-11(2)9-15-10-12-6-4-7-13(14)8-12/h4,6-8,11,15H,3,5,9-10H2,1-2H3. The van der Waals surface area contributed by atoms with Gasteiger partial charge in [-0.05, 0) is 36.6 Å². The van der Waals surface area contributed by atoms with E-state index in [-0.39, 0.29) is 0 Å². The minimum Gasteiger partial charge on any atom is -0.312 e. The highest BCUT2D eigenvalue weighted by molar-refractivity contribution is 9.10. The SMILES string of the molecule is CCCC(C)CNCc1cccc(Br)c1. The first-order valence-electron chi connectivity index (χ1n) is 5.67. The maximum absolute atomic E-state index is 3.49. The molecule has 0 aliphatic carbocycles. The van der Waals surface area contributed by atoms with Crippen LogP contribution in [0.5, 0.6) is 0 Å². The number of hydrogen-bond acceptors (Lipinski definition) is 1. The second-order valence-electron chi connectivity index (χ2n) is 4.15. The number of hydrogen-bond donors (Lipinski definition) is 1. The van der Waals surface area contributed by atoms with Gasteiger partial charge in [0.1, 0.15) is 0 Å². The first-order valence-corrected chi connectivity index (χ1v) is 6.46. The van der Waals surface area contributed by atoms with Crippen molar-refractivity contribution < 1.29 is 0 Å². The van der Waals surface area contributed by atoms with Gasteiger partial charge in [-0.3, -0.25) is 0 Å². The molecular weight excluding hydrogens is 250 g/mol. The number of benzene rings is 1. The lowest BCUT2D eigenvalue weighted by Crippen LogP contribution is -2.20. The van der Waals surface area contributed by atoms with Crippen molar-refractivity contribution >= 4 is 15.9 Å². The smallest absolute Gasteiger partial charge is 0.0206 e. The number of nitrogens with one attached hydrogen (secondary N) is 1. The Morgan fingerprint density at radius 3 is 2.87 bits per heavy atom. The van der Waals surface area contributed by atoms with E-state index in [1.807, 2.05) is 0 Å². The van der Waals surface area contributed by atoms with Gasteiger partial charge >= 0.3 is 0 Å². The van der Waals surface area contributed by atoms with E-state index in [1.54, 1.807) is 0 Å². The lowest BCUT2D eigenvalue weighted by Gasteiger charge is -2.11. The van der Waals surface area contributed by atoms with E-state index < -0.39 is 0 Å². The Bertz CT molecular complexity index is 286. The van der Waals surface area contributed by atoms with Crippen LogP contribution in [-0.4, -0.2) is 6.54 Å². The Morgan fingerprint density at radius 2 is 2.20 bits per heavy atom. The molecule has 1 nitrogen and oxygen atoms in total. The number of rotatable bonds is 6. The van der Waals surface area contributed by atoms with Crippen LogP contribution in [0.15, 0.2) is 28.7 Å². The van der Waals surface area contributed by atoms with Crippen molar-refractivity contribution in [3.63, 3.8) is 0 Å². The van der Waals surface area contributed by atoms with Crippen LogP contribution in [0.1, 0.15) is 32.3 Å². The monoisotopic (exact) mass is 269 g/mol. The van der Waals surface area contributed by atoms with E-state index in [4.69, 9.17) is 0 Å². The highest BCUT2D eigenvalue weighted by atomic mass is 79.9. The maximum Gasteiger partial charge on any atom is 0.0206 e. The van der Waals surface area contributed by atoms with Crippen LogP contribution in [0.4, 0.5) is 0 Å². The zero-order valence-electron chi connectivity index (χ0n) is 9.59. The van der Waals surface area contributed by atoms with Crippen molar-refractivity contribution in [1.29, 1.82) is 0 Å². The summed E-state index contributed by atoms with van der Waals surface area (Å²) in [6, 6.07) is 8.46. The summed E-state index contributed by atoms with van der Waals surface area (Å²) in [5.41, 5.74) is 1.34. The Hall–Kier alpha value is -0.340. The summed E-state index contributed by atoms with van der Waals surface area (Å²) in [6.45, 7) is 6.62. The molecule has 0 spiro atoms. The molecule has 15 heavy (non-hydrogen) atoms. The fourth-order valence-corrected chi connectivity index (χ4v) is 2.15. The van der Waals surface area contributed by atoms with Gasteiger partial charge in [-0.25, -0.2) is 0 Å². The van der Waals surface area contributed by atoms with Crippen molar-refractivity contribution in [3.8, 4) is 0 Å². The van der Waals surface area contributed by atoms with Crippen LogP contribution in [-0.2, 0) is 6.54 Å². The molecule has 1 N–H and O–H groups in total. The van der Waals surface area contributed by atoms with Crippen molar-refractivity contribution in [2.75, 3.05) is 6.54 Å². The summed E-state index contributed by atoms with van der Waals surface area (Å²) in [7, 11) is 0. The third-order valence-electron chi connectivity index (χ3n) is 2.49.